The van der Waals surface area contributed by atoms with Crippen LogP contribution < -0.4 is 11.1 Å². The number of nitrogens with one attached hydrogen (secondary N) is 1. The van der Waals surface area contributed by atoms with Crippen LogP contribution >= 0.6 is 0 Å². The molecule has 0 fully saturated rings. The van der Waals surface area contributed by atoms with E-state index in [-0.39, 0.29) is 12.2 Å². The van der Waals surface area contributed by atoms with Gasteiger partial charge in [0.15, 0.2) is 0 Å². The van der Waals surface area contributed by atoms with Crippen molar-refractivity contribution >= 4 is 28.0 Å². The number of aliphatic hydroxyl groups is 2. The number of hydrogen-bond acceptors (Lipinski definition) is 5. The molecule has 4 aromatic rings. The summed E-state index contributed by atoms with van der Waals surface area (Å²) < 4.78 is 3.71. The molecule has 0 aliphatic carbocycles. The highest BCUT2D eigenvalue weighted by Gasteiger charge is 2.21. The lowest BCUT2D eigenvalue weighted by Gasteiger charge is -2.22. The fraction of sp³-hybridized carbons (Fsp3) is 0.238. The second-order valence-electron chi connectivity index (χ2n) is 7.23. The highest BCUT2D eigenvalue weighted by atomic mass is 16.3. The second kappa shape index (κ2) is 7.23. The molecule has 0 radical (unpaired) electrons. The Morgan fingerprint density at radius 1 is 1.24 bits per heavy atom. The lowest BCUT2D eigenvalue weighted by atomic mass is 10.1. The zero-order valence-electron chi connectivity index (χ0n) is 16.2. The van der Waals surface area contributed by atoms with Gasteiger partial charge in [-0.1, -0.05) is 6.07 Å². The van der Waals surface area contributed by atoms with E-state index in [9.17, 15) is 15.0 Å². The Labute approximate surface area is 167 Å². The lowest BCUT2D eigenvalue weighted by Crippen LogP contribution is -2.35. The molecule has 0 saturated heterocycles. The predicted molar refractivity (Wildman–Crippen MR) is 112 cm³/mol. The van der Waals surface area contributed by atoms with Crippen molar-refractivity contribution in [3.63, 3.8) is 0 Å². The molecule has 3 aromatic heterocycles. The van der Waals surface area contributed by atoms with Crippen molar-refractivity contribution < 1.29 is 15.0 Å². The number of primary amides is 1. The van der Waals surface area contributed by atoms with E-state index < -0.39 is 18.1 Å². The maximum Gasteiger partial charge on any atom is 0.252 e. The zero-order chi connectivity index (χ0) is 20.7. The Hall–Kier alpha value is -3.36. The molecule has 1 aromatic carbocycles. The minimum Gasteiger partial charge on any atom is -0.394 e. The van der Waals surface area contributed by atoms with E-state index in [1.165, 1.54) is 6.20 Å². The summed E-state index contributed by atoms with van der Waals surface area (Å²) in [4.78, 5) is 11.9. The van der Waals surface area contributed by atoms with Gasteiger partial charge in [-0.2, -0.15) is 5.10 Å². The van der Waals surface area contributed by atoms with Crippen molar-refractivity contribution in [3.05, 3.63) is 54.5 Å². The molecule has 4 rings (SSSR count). The minimum atomic E-state index is -0.830. The normalized spacial score (nSPS) is 13.7. The van der Waals surface area contributed by atoms with Crippen LogP contribution in [0, 0.1) is 0 Å². The van der Waals surface area contributed by atoms with E-state index >= 15 is 0 Å². The van der Waals surface area contributed by atoms with Gasteiger partial charge in [0.2, 0.25) is 0 Å². The first-order chi connectivity index (χ1) is 13.9. The summed E-state index contributed by atoms with van der Waals surface area (Å²) in [6, 6.07) is 9.49. The number of amides is 1. The molecule has 3 heterocycles. The van der Waals surface area contributed by atoms with Gasteiger partial charge in [-0.25, -0.2) is 4.52 Å². The maximum absolute atomic E-state index is 11.9. The monoisotopic (exact) mass is 393 g/mol. The molecule has 2 atom stereocenters. The van der Waals surface area contributed by atoms with Crippen molar-refractivity contribution in [1.29, 1.82) is 0 Å². The van der Waals surface area contributed by atoms with Crippen molar-refractivity contribution in [2.24, 2.45) is 12.8 Å². The Morgan fingerprint density at radius 3 is 2.72 bits per heavy atom. The number of carbonyl (C=O) groups excluding carboxylic acids is 1. The van der Waals surface area contributed by atoms with Gasteiger partial charge in [0, 0.05) is 35.9 Å². The number of nitrogens with zero attached hydrogens (tertiary/aromatic N) is 3. The molecule has 150 valence electrons. The van der Waals surface area contributed by atoms with Crippen LogP contribution in [-0.4, -0.2) is 49.1 Å². The third-order valence-electron chi connectivity index (χ3n) is 5.23. The van der Waals surface area contributed by atoms with Gasteiger partial charge in [0.1, 0.15) is 0 Å². The second-order valence-corrected chi connectivity index (χ2v) is 7.23. The molecule has 0 aliphatic rings. The summed E-state index contributed by atoms with van der Waals surface area (Å²) in [5.74, 6) is -0.641. The number of fused-ring (bicyclic) bond motifs is 2. The van der Waals surface area contributed by atoms with Gasteiger partial charge in [-0.15, -0.1) is 0 Å². The molecule has 0 saturated carbocycles. The molecular weight excluding hydrogens is 370 g/mol. The van der Waals surface area contributed by atoms with E-state index in [2.05, 4.69) is 33.2 Å². The van der Waals surface area contributed by atoms with Gasteiger partial charge < -0.3 is 25.8 Å². The van der Waals surface area contributed by atoms with Gasteiger partial charge in [-0.05, 0) is 36.8 Å². The molecule has 8 nitrogen and oxygen atoms in total. The molecule has 8 heteroatoms. The number of hydrogen-bond donors (Lipinski definition) is 4. The summed E-state index contributed by atoms with van der Waals surface area (Å²) in [6.07, 6.45) is 4.44. The van der Waals surface area contributed by atoms with Gasteiger partial charge in [0.25, 0.3) is 5.91 Å². The summed E-state index contributed by atoms with van der Waals surface area (Å²) in [5, 5.41) is 28.0. The number of carbonyl (C=O) groups is 1. The van der Waals surface area contributed by atoms with Crippen LogP contribution in [0.3, 0.4) is 0 Å². The Balaban J connectivity index is 1.85. The first-order valence-corrected chi connectivity index (χ1v) is 9.31. The molecule has 0 bridgehead atoms. The number of benzene rings is 1. The Kier molecular flexibility index (Phi) is 4.73. The van der Waals surface area contributed by atoms with E-state index in [1.54, 1.807) is 11.4 Å². The highest BCUT2D eigenvalue weighted by molar-refractivity contribution is 6.02. The SMILES string of the molecule is C[C@@H](O)[C@@H](CO)Nc1c(C(N)=O)cnn2cc(-c3ccc4c(ccn4C)c3)cc12. The van der Waals surface area contributed by atoms with Crippen LogP contribution in [0.5, 0.6) is 0 Å². The molecule has 1 amide bonds. The number of nitrogens with two attached hydrogens (primary N) is 1. The van der Waals surface area contributed by atoms with Crippen LogP contribution in [0.1, 0.15) is 17.3 Å². The Bertz CT molecular complexity index is 1210. The number of aromatic nitrogens is 3. The van der Waals surface area contributed by atoms with Crippen LogP contribution in [0.4, 0.5) is 5.69 Å². The van der Waals surface area contributed by atoms with Gasteiger partial charge in [-0.3, -0.25) is 4.79 Å². The van der Waals surface area contributed by atoms with E-state index in [0.29, 0.717) is 11.2 Å². The lowest BCUT2D eigenvalue weighted by molar-refractivity contribution is 0.0999. The quantitative estimate of drug-likeness (QED) is 0.398. The van der Waals surface area contributed by atoms with Gasteiger partial charge in [0.05, 0.1) is 41.7 Å². The number of anilines is 1. The fourth-order valence-electron chi connectivity index (χ4n) is 3.52. The van der Waals surface area contributed by atoms with Crippen LogP contribution in [0.25, 0.3) is 27.5 Å². The van der Waals surface area contributed by atoms with Crippen molar-refractivity contribution in [2.75, 3.05) is 11.9 Å². The molecule has 0 spiro atoms. The fourth-order valence-corrected chi connectivity index (χ4v) is 3.52. The standard InChI is InChI=1S/C21H23N5O3/c1-12(28)17(11-27)24-20-16(21(22)29)9-23-26-10-15(8-19(20)26)13-3-4-18-14(7-13)5-6-25(18)2/h3-10,12,17,24,27-28H,11H2,1-2H3,(H2,22,29)/t12-,17-/m1/s1. The molecule has 29 heavy (non-hydrogen) atoms. The van der Waals surface area contributed by atoms with Crippen LogP contribution in [0.15, 0.2) is 48.9 Å². The maximum atomic E-state index is 11.9. The number of aliphatic hydroxyl groups excluding tert-OH is 2. The topological polar surface area (TPSA) is 118 Å². The summed E-state index contributed by atoms with van der Waals surface area (Å²) in [6.45, 7) is 1.26. The summed E-state index contributed by atoms with van der Waals surface area (Å²) in [7, 11) is 2.00. The summed E-state index contributed by atoms with van der Waals surface area (Å²) in [5.41, 5.74) is 9.85. The summed E-state index contributed by atoms with van der Waals surface area (Å²) >= 11 is 0. The molecule has 5 N–H and O–H groups in total. The van der Waals surface area contributed by atoms with Crippen molar-refractivity contribution in [3.8, 4) is 11.1 Å². The zero-order valence-corrected chi connectivity index (χ0v) is 16.2. The predicted octanol–water partition coefficient (Wildman–Crippen LogP) is 1.75. The largest absolute Gasteiger partial charge is 0.394 e. The van der Waals surface area contributed by atoms with Gasteiger partial charge >= 0.3 is 0 Å². The average molecular weight is 393 g/mol. The Morgan fingerprint density at radius 2 is 2.03 bits per heavy atom. The van der Waals surface area contributed by atoms with Crippen molar-refractivity contribution in [1.82, 2.24) is 14.2 Å². The number of aryl methyl sites for hydroxylation is 1. The molecule has 0 aliphatic heterocycles. The van der Waals surface area contributed by atoms with E-state index in [4.69, 9.17) is 5.73 Å². The molecular formula is C21H23N5O3. The van der Waals surface area contributed by atoms with Crippen LogP contribution in [-0.2, 0) is 7.05 Å². The molecule has 0 unspecified atom stereocenters. The van der Waals surface area contributed by atoms with E-state index in [0.717, 1.165) is 22.0 Å². The smallest absolute Gasteiger partial charge is 0.252 e. The first-order valence-electron chi connectivity index (χ1n) is 9.31. The third-order valence-corrected chi connectivity index (χ3v) is 5.23. The average Bonchev–Trinajstić information content (AvgIpc) is 3.29. The van der Waals surface area contributed by atoms with Crippen molar-refractivity contribution in [2.45, 2.75) is 19.1 Å². The van der Waals surface area contributed by atoms with E-state index in [1.807, 2.05) is 31.6 Å². The van der Waals surface area contributed by atoms with Crippen LogP contribution in [0.2, 0.25) is 0 Å². The highest BCUT2D eigenvalue weighted by Crippen LogP contribution is 2.31. The third kappa shape index (κ3) is 3.32. The number of rotatable bonds is 6. The minimum absolute atomic E-state index is 0.194. The first kappa shape index (κ1) is 19.0.